The monoisotopic (exact) mass is 448 g/mol. The Morgan fingerprint density at radius 1 is 1.17 bits per heavy atom. The van der Waals surface area contributed by atoms with Crippen LogP contribution >= 0.6 is 23.4 Å². The number of amides is 2. The van der Waals surface area contributed by atoms with Crippen molar-refractivity contribution in [2.45, 2.75) is 36.6 Å². The second-order valence-electron chi connectivity index (χ2n) is 6.79. The van der Waals surface area contributed by atoms with Gasteiger partial charge in [0.05, 0.1) is 30.8 Å². The fourth-order valence-electron chi connectivity index (χ4n) is 2.98. The van der Waals surface area contributed by atoms with Crippen molar-refractivity contribution in [3.63, 3.8) is 0 Å². The molecule has 1 aliphatic heterocycles. The van der Waals surface area contributed by atoms with Gasteiger partial charge in [-0.2, -0.15) is 0 Å². The average molecular weight is 449 g/mol. The largest absolute Gasteiger partial charge is 0.379 e. The van der Waals surface area contributed by atoms with Crippen LogP contribution in [0.25, 0.3) is 0 Å². The highest BCUT2D eigenvalue weighted by molar-refractivity contribution is 8.01. The van der Waals surface area contributed by atoms with Gasteiger partial charge in [0.1, 0.15) is 0 Å². The lowest BCUT2D eigenvalue weighted by Gasteiger charge is -2.23. The quantitative estimate of drug-likeness (QED) is 0.537. The van der Waals surface area contributed by atoms with E-state index in [1.165, 1.54) is 11.8 Å². The molecule has 3 rings (SSSR count). The Kier molecular flexibility index (Phi) is 8.57. The molecule has 1 unspecified atom stereocenters. The molecule has 6 nitrogen and oxygen atoms in total. The van der Waals surface area contributed by atoms with E-state index in [4.69, 9.17) is 21.1 Å². The van der Waals surface area contributed by atoms with Crippen LogP contribution in [0.4, 0.5) is 5.69 Å². The summed E-state index contributed by atoms with van der Waals surface area (Å²) in [5.74, 6) is -0.352. The molecule has 2 amide bonds. The molecule has 2 N–H and O–H groups in total. The standard InChI is InChI=1S/C22H25ClN2O4S/c1-2-28-8-9-29-14-16-5-3-4-15(10-16)13-24-21(26)12-20-22(27)25-18-11-17(23)6-7-19(18)30-20/h3-7,10-11,20H,2,8-9,12-14H2,1H3,(H,24,26)(H,25,27). The fraction of sp³-hybridized carbons (Fsp3) is 0.364. The summed E-state index contributed by atoms with van der Waals surface area (Å²) in [5.41, 5.74) is 2.71. The molecular weight excluding hydrogens is 424 g/mol. The molecule has 0 aliphatic carbocycles. The minimum absolute atomic E-state index is 0.110. The molecule has 0 saturated carbocycles. The zero-order valence-electron chi connectivity index (χ0n) is 16.8. The first-order valence-electron chi connectivity index (χ1n) is 9.82. The zero-order valence-corrected chi connectivity index (χ0v) is 18.4. The summed E-state index contributed by atoms with van der Waals surface area (Å²) in [7, 11) is 0. The summed E-state index contributed by atoms with van der Waals surface area (Å²) in [4.78, 5) is 25.6. The summed E-state index contributed by atoms with van der Waals surface area (Å²) >= 11 is 7.35. The first kappa shape index (κ1) is 22.6. The van der Waals surface area contributed by atoms with Crippen LogP contribution in [-0.4, -0.2) is 36.9 Å². The Labute approximate surface area is 185 Å². The van der Waals surface area contributed by atoms with Gasteiger partial charge in [-0.1, -0.05) is 35.9 Å². The predicted octanol–water partition coefficient (Wildman–Crippen LogP) is 4.01. The first-order valence-corrected chi connectivity index (χ1v) is 11.1. The molecule has 1 atom stereocenters. The lowest BCUT2D eigenvalue weighted by Crippen LogP contribution is -2.34. The molecule has 0 aromatic heterocycles. The Hall–Kier alpha value is -2.06. The number of rotatable bonds is 10. The molecule has 2 aromatic rings. The van der Waals surface area contributed by atoms with Gasteiger partial charge in [-0.3, -0.25) is 9.59 Å². The van der Waals surface area contributed by atoms with Crippen molar-refractivity contribution in [2.75, 3.05) is 25.1 Å². The number of nitrogens with one attached hydrogen (secondary N) is 2. The van der Waals surface area contributed by atoms with Crippen LogP contribution in [-0.2, 0) is 32.2 Å². The minimum atomic E-state index is -0.469. The lowest BCUT2D eigenvalue weighted by molar-refractivity contribution is -0.124. The SMILES string of the molecule is CCOCCOCc1cccc(CNC(=O)CC2Sc3ccc(Cl)cc3NC2=O)c1. The maximum atomic E-state index is 12.4. The number of ether oxygens (including phenoxy) is 2. The van der Waals surface area contributed by atoms with E-state index in [1.807, 2.05) is 37.3 Å². The number of carbonyl (C=O) groups excluding carboxylic acids is 2. The molecule has 160 valence electrons. The Balaban J connectivity index is 1.46. The van der Waals surface area contributed by atoms with E-state index in [-0.39, 0.29) is 18.2 Å². The van der Waals surface area contributed by atoms with Gasteiger partial charge in [0.25, 0.3) is 0 Å². The molecule has 2 aromatic carbocycles. The van der Waals surface area contributed by atoms with Crippen LogP contribution < -0.4 is 10.6 Å². The van der Waals surface area contributed by atoms with E-state index in [1.54, 1.807) is 12.1 Å². The van der Waals surface area contributed by atoms with E-state index in [2.05, 4.69) is 10.6 Å². The molecule has 1 aliphatic rings. The van der Waals surface area contributed by atoms with Gasteiger partial charge in [0.15, 0.2) is 0 Å². The second-order valence-corrected chi connectivity index (χ2v) is 8.47. The van der Waals surface area contributed by atoms with Gasteiger partial charge in [0.2, 0.25) is 11.8 Å². The third-order valence-corrected chi connectivity index (χ3v) is 5.97. The van der Waals surface area contributed by atoms with Crippen LogP contribution in [0.5, 0.6) is 0 Å². The molecule has 0 spiro atoms. The van der Waals surface area contributed by atoms with Crippen molar-refractivity contribution in [3.05, 3.63) is 58.6 Å². The van der Waals surface area contributed by atoms with E-state index < -0.39 is 5.25 Å². The zero-order chi connectivity index (χ0) is 21.3. The van der Waals surface area contributed by atoms with Gasteiger partial charge in [-0.05, 0) is 36.2 Å². The van der Waals surface area contributed by atoms with E-state index >= 15 is 0 Å². The number of anilines is 1. The van der Waals surface area contributed by atoms with E-state index in [0.29, 0.717) is 43.7 Å². The van der Waals surface area contributed by atoms with Crippen molar-refractivity contribution in [3.8, 4) is 0 Å². The Bertz CT molecular complexity index is 893. The molecule has 1 heterocycles. The summed E-state index contributed by atoms with van der Waals surface area (Å²) in [5, 5.41) is 5.81. The molecule has 0 fully saturated rings. The maximum absolute atomic E-state index is 12.4. The Morgan fingerprint density at radius 2 is 1.97 bits per heavy atom. The Morgan fingerprint density at radius 3 is 2.80 bits per heavy atom. The van der Waals surface area contributed by atoms with Crippen molar-refractivity contribution in [1.29, 1.82) is 0 Å². The highest BCUT2D eigenvalue weighted by atomic mass is 35.5. The number of halogens is 1. The van der Waals surface area contributed by atoms with Crippen molar-refractivity contribution < 1.29 is 19.1 Å². The molecule has 8 heteroatoms. The highest BCUT2D eigenvalue weighted by Gasteiger charge is 2.29. The van der Waals surface area contributed by atoms with Gasteiger partial charge >= 0.3 is 0 Å². The van der Waals surface area contributed by atoms with Gasteiger partial charge in [-0.25, -0.2) is 0 Å². The van der Waals surface area contributed by atoms with Gasteiger partial charge in [0, 0.05) is 29.5 Å². The third-order valence-electron chi connectivity index (χ3n) is 4.46. The minimum Gasteiger partial charge on any atom is -0.379 e. The van der Waals surface area contributed by atoms with Gasteiger partial charge < -0.3 is 20.1 Å². The van der Waals surface area contributed by atoms with Crippen LogP contribution in [0.1, 0.15) is 24.5 Å². The van der Waals surface area contributed by atoms with Crippen LogP contribution in [0, 0.1) is 0 Å². The number of fused-ring (bicyclic) bond motifs is 1. The molecule has 0 radical (unpaired) electrons. The fourth-order valence-corrected chi connectivity index (χ4v) is 4.24. The summed E-state index contributed by atoms with van der Waals surface area (Å²) < 4.78 is 10.8. The smallest absolute Gasteiger partial charge is 0.238 e. The van der Waals surface area contributed by atoms with Crippen molar-refractivity contribution >= 4 is 40.9 Å². The third kappa shape index (κ3) is 6.74. The maximum Gasteiger partial charge on any atom is 0.238 e. The second kappa shape index (κ2) is 11.4. The molecule has 0 saturated heterocycles. The molecule has 0 bridgehead atoms. The average Bonchev–Trinajstić information content (AvgIpc) is 2.73. The molecular formula is C22H25ClN2O4S. The van der Waals surface area contributed by atoms with Crippen LogP contribution in [0.2, 0.25) is 5.02 Å². The van der Waals surface area contributed by atoms with Crippen LogP contribution in [0.3, 0.4) is 0 Å². The van der Waals surface area contributed by atoms with E-state index in [0.717, 1.165) is 16.0 Å². The summed E-state index contributed by atoms with van der Waals surface area (Å²) in [6, 6.07) is 13.2. The number of carbonyl (C=O) groups is 2. The lowest BCUT2D eigenvalue weighted by atomic mass is 10.1. The normalized spacial score (nSPS) is 15.4. The number of hydrogen-bond acceptors (Lipinski definition) is 5. The van der Waals surface area contributed by atoms with Gasteiger partial charge in [-0.15, -0.1) is 11.8 Å². The highest BCUT2D eigenvalue weighted by Crippen LogP contribution is 2.38. The topological polar surface area (TPSA) is 76.7 Å². The van der Waals surface area contributed by atoms with Crippen molar-refractivity contribution in [2.24, 2.45) is 0 Å². The number of thioether (sulfide) groups is 1. The summed E-state index contributed by atoms with van der Waals surface area (Å²) in [6.07, 6.45) is 0.110. The van der Waals surface area contributed by atoms with Crippen LogP contribution in [0.15, 0.2) is 47.4 Å². The first-order chi connectivity index (χ1) is 14.5. The molecule has 30 heavy (non-hydrogen) atoms. The predicted molar refractivity (Wildman–Crippen MR) is 119 cm³/mol. The van der Waals surface area contributed by atoms with E-state index in [9.17, 15) is 9.59 Å². The van der Waals surface area contributed by atoms with Crippen molar-refractivity contribution in [1.82, 2.24) is 5.32 Å². The summed E-state index contributed by atoms with van der Waals surface area (Å²) in [6.45, 7) is 4.66. The number of benzene rings is 2. The number of hydrogen-bond donors (Lipinski definition) is 2.